The Labute approximate surface area is 190 Å². The number of carboxylic acid groups (broad SMARTS) is 1. The Bertz CT molecular complexity index is 453. The summed E-state index contributed by atoms with van der Waals surface area (Å²) in [7, 11) is 2.82. The predicted molar refractivity (Wildman–Crippen MR) is 130 cm³/mol. The van der Waals surface area contributed by atoms with Gasteiger partial charge in [0.25, 0.3) is 0 Å². The Balaban J connectivity index is 3.24. The van der Waals surface area contributed by atoms with E-state index in [9.17, 15) is 4.79 Å². The molecule has 5 nitrogen and oxygen atoms in total. The third-order valence-electron chi connectivity index (χ3n) is 4.76. The minimum absolute atomic E-state index is 0.228. The maximum atomic E-state index is 10.6. The monoisotopic (exact) mass is 462 g/mol. The first-order valence-electron chi connectivity index (χ1n) is 11.3. The highest BCUT2D eigenvalue weighted by atomic mass is 32.2. The predicted octanol–water partition coefficient (Wildman–Crippen LogP) is 7.87. The molecule has 176 valence electrons. The summed E-state index contributed by atoms with van der Waals surface area (Å²) in [5.41, 5.74) is 0.228. The van der Waals surface area contributed by atoms with Crippen molar-refractivity contribution in [2.24, 2.45) is 0 Å². The Morgan fingerprint density at radius 3 is 1.87 bits per heavy atom. The Hall–Kier alpha value is -0.550. The largest absolute Gasteiger partial charge is 0.478 e. The number of unbranched alkanes of at least 4 members (excludes halogenated alkanes) is 11. The fraction of sp³-hybridized carbons (Fsp3) is 0.783. The van der Waals surface area contributed by atoms with Crippen molar-refractivity contribution in [3.8, 4) is 0 Å². The smallest absolute Gasteiger partial charge is 0.334 e. The van der Waals surface area contributed by atoms with E-state index in [0.717, 1.165) is 18.3 Å². The first-order valence-corrected chi connectivity index (χ1v) is 13.6. The molecule has 0 heterocycles. The molecule has 30 heavy (non-hydrogen) atoms. The molecule has 7 heteroatoms. The lowest BCUT2D eigenvalue weighted by Crippen LogP contribution is -1.95. The summed E-state index contributed by atoms with van der Waals surface area (Å²) in [6.07, 6.45) is 23.4. The molecule has 0 aliphatic rings. The van der Waals surface area contributed by atoms with Gasteiger partial charge in [-0.15, -0.1) is 0 Å². The third kappa shape index (κ3) is 20.7. The maximum absolute atomic E-state index is 10.6. The summed E-state index contributed by atoms with van der Waals surface area (Å²) in [5.74, 6) is -0.0267. The van der Waals surface area contributed by atoms with E-state index in [4.69, 9.17) is 18.3 Å². The molecule has 0 aromatic heterocycles. The van der Waals surface area contributed by atoms with E-state index < -0.39 is 14.3 Å². The second kappa shape index (κ2) is 23.1. The average Bonchev–Trinajstić information content (AvgIpc) is 2.74. The number of rotatable bonds is 22. The molecular formula is C23H43O5PS. The topological polar surface area (TPSA) is 65.0 Å². The highest BCUT2D eigenvalue weighted by Gasteiger charge is 2.04. The van der Waals surface area contributed by atoms with Gasteiger partial charge >= 0.3 is 5.97 Å². The van der Waals surface area contributed by atoms with Crippen LogP contribution in [0, 0.1) is 0 Å². The fourth-order valence-corrected chi connectivity index (χ4v) is 4.49. The zero-order valence-electron chi connectivity index (χ0n) is 19.3. The van der Waals surface area contributed by atoms with Crippen molar-refractivity contribution in [3.05, 3.63) is 24.0 Å². The normalized spacial score (nSPS) is 12.2. The van der Waals surface area contributed by atoms with Gasteiger partial charge in [-0.1, -0.05) is 57.1 Å². The lowest BCUT2D eigenvalue weighted by molar-refractivity contribution is -0.132. The van der Waals surface area contributed by atoms with Gasteiger partial charge in [0.05, 0.1) is 17.6 Å². The maximum Gasteiger partial charge on any atom is 0.334 e. The van der Waals surface area contributed by atoms with E-state index in [1.807, 2.05) is 0 Å². The molecule has 0 aromatic rings. The molecule has 0 rings (SSSR count). The van der Waals surface area contributed by atoms with Crippen LogP contribution in [-0.4, -0.2) is 37.2 Å². The van der Waals surface area contributed by atoms with E-state index in [-0.39, 0.29) is 5.57 Å². The number of carboxylic acids is 1. The van der Waals surface area contributed by atoms with Gasteiger partial charge in [-0.05, 0) is 45.4 Å². The summed E-state index contributed by atoms with van der Waals surface area (Å²) >= 11 is 1.33. The summed E-state index contributed by atoms with van der Waals surface area (Å²) in [5, 5.41) is 8.69. The summed E-state index contributed by atoms with van der Waals surface area (Å²) in [6.45, 7) is 1.53. The molecule has 0 aliphatic carbocycles. The molecule has 0 aromatic carbocycles. The van der Waals surface area contributed by atoms with Crippen molar-refractivity contribution in [1.29, 1.82) is 0 Å². The molecule has 0 bridgehead atoms. The van der Waals surface area contributed by atoms with Gasteiger partial charge in [-0.2, -0.15) is 0 Å². The molecule has 0 atom stereocenters. The zero-order chi connectivity index (χ0) is 22.3. The van der Waals surface area contributed by atoms with Gasteiger partial charge in [-0.3, -0.25) is 0 Å². The highest BCUT2D eigenvalue weighted by molar-refractivity contribution is 7.94. The van der Waals surface area contributed by atoms with Crippen LogP contribution in [0.15, 0.2) is 24.0 Å². The van der Waals surface area contributed by atoms with Gasteiger partial charge in [0.15, 0.2) is 8.38 Å². The first-order chi connectivity index (χ1) is 14.6. The van der Waals surface area contributed by atoms with Crippen molar-refractivity contribution < 1.29 is 23.1 Å². The molecule has 0 radical (unpaired) electrons. The quantitative estimate of drug-likeness (QED) is 0.0441. The van der Waals surface area contributed by atoms with Crippen LogP contribution in [0.5, 0.6) is 0 Å². The van der Waals surface area contributed by atoms with Crippen molar-refractivity contribution in [2.45, 2.75) is 90.4 Å². The minimum atomic E-state index is -0.934. The lowest BCUT2D eigenvalue weighted by Gasteiger charge is -2.11. The van der Waals surface area contributed by atoms with Crippen molar-refractivity contribution in [3.63, 3.8) is 0 Å². The van der Waals surface area contributed by atoms with E-state index in [1.165, 1.54) is 102 Å². The van der Waals surface area contributed by atoms with E-state index in [0.29, 0.717) is 0 Å². The Kier molecular flexibility index (Phi) is 22.7. The van der Waals surface area contributed by atoms with Crippen LogP contribution in [0.3, 0.4) is 0 Å². The summed E-state index contributed by atoms with van der Waals surface area (Å²) in [4.78, 5) is 10.6. The second-order valence-corrected chi connectivity index (χ2v) is 10.1. The van der Waals surface area contributed by atoms with Crippen molar-refractivity contribution in [2.75, 3.05) is 26.1 Å². The average molecular weight is 463 g/mol. The van der Waals surface area contributed by atoms with Crippen LogP contribution in [0.25, 0.3) is 0 Å². The van der Waals surface area contributed by atoms with Crippen LogP contribution in [0.1, 0.15) is 90.4 Å². The molecule has 0 saturated heterocycles. The fourth-order valence-electron chi connectivity index (χ4n) is 2.86. The first kappa shape index (κ1) is 29.5. The second-order valence-electron chi connectivity index (χ2n) is 7.38. The van der Waals surface area contributed by atoms with Crippen LogP contribution in [-0.2, 0) is 18.0 Å². The molecule has 0 spiro atoms. The van der Waals surface area contributed by atoms with Crippen LogP contribution < -0.4 is 0 Å². The van der Waals surface area contributed by atoms with Gasteiger partial charge in [0.1, 0.15) is 6.26 Å². The van der Waals surface area contributed by atoms with Crippen molar-refractivity contribution >= 4 is 26.4 Å². The lowest BCUT2D eigenvalue weighted by atomic mass is 10.1. The Morgan fingerprint density at radius 2 is 1.33 bits per heavy atom. The van der Waals surface area contributed by atoms with E-state index in [2.05, 4.69) is 12.2 Å². The number of allylic oxidation sites excluding steroid dienone is 2. The zero-order valence-corrected chi connectivity index (χ0v) is 21.0. The minimum Gasteiger partial charge on any atom is -0.478 e. The summed E-state index contributed by atoms with van der Waals surface area (Å²) in [6, 6.07) is 0. The van der Waals surface area contributed by atoms with Gasteiger partial charge in [0, 0.05) is 26.1 Å². The molecule has 1 N–H and O–H groups in total. The summed E-state index contributed by atoms with van der Waals surface area (Å²) < 4.78 is 15.7. The van der Waals surface area contributed by atoms with Crippen LogP contribution >= 0.6 is 20.4 Å². The third-order valence-corrected chi connectivity index (χ3v) is 6.95. The molecule has 0 amide bonds. The van der Waals surface area contributed by atoms with Gasteiger partial charge < -0.3 is 18.3 Å². The van der Waals surface area contributed by atoms with Crippen LogP contribution in [0.2, 0.25) is 0 Å². The van der Waals surface area contributed by atoms with Gasteiger partial charge in [-0.25, -0.2) is 4.79 Å². The number of aliphatic carboxylic acids is 1. The molecule has 0 aliphatic heterocycles. The number of carbonyl (C=O) groups is 1. The van der Waals surface area contributed by atoms with E-state index in [1.54, 1.807) is 14.2 Å². The number of hydrogen-bond acceptors (Lipinski definition) is 5. The molecule has 0 fully saturated rings. The molecule has 0 saturated carbocycles. The number of hydrogen-bond donors (Lipinski definition) is 1. The molecule has 0 unspecified atom stereocenters. The SMILES string of the molecule is COP(CCCCCCCC/C=C\CCCCCCCSO/C=C(\C)C(=O)O)OC. The standard InChI is InChI=1S/C23H43O5PS/c1-22(23(24)25)21-28-30-20-18-16-14-12-10-8-6-4-5-7-9-11-13-15-17-19-29(26-2)27-3/h4,6,21H,5,7-20H2,1-3H3,(H,24,25)/b6-4-,22-21+. The highest BCUT2D eigenvalue weighted by Crippen LogP contribution is 2.36. The molecular weight excluding hydrogens is 419 g/mol. The van der Waals surface area contributed by atoms with Gasteiger partial charge in [0.2, 0.25) is 0 Å². The van der Waals surface area contributed by atoms with Crippen LogP contribution in [0.4, 0.5) is 0 Å². The van der Waals surface area contributed by atoms with E-state index >= 15 is 0 Å². The van der Waals surface area contributed by atoms with Crippen molar-refractivity contribution in [1.82, 2.24) is 0 Å². The Morgan fingerprint density at radius 1 is 0.833 bits per heavy atom.